The molecule has 0 spiro atoms. The Morgan fingerprint density at radius 2 is 1.78 bits per heavy atom. The van der Waals surface area contributed by atoms with Crippen molar-refractivity contribution in [1.82, 2.24) is 5.32 Å². The fourth-order valence-electron chi connectivity index (χ4n) is 3.38. The maximum absolute atomic E-state index is 13.0. The number of nitrogens with one attached hydrogen (secondary N) is 2. The molecule has 5 heteroatoms. The van der Waals surface area contributed by atoms with E-state index in [-0.39, 0.29) is 17.8 Å². The summed E-state index contributed by atoms with van der Waals surface area (Å²) in [7, 11) is 0. The van der Waals surface area contributed by atoms with Gasteiger partial charge in [0.15, 0.2) is 0 Å². The molecule has 144 valence electrons. The molecule has 0 aromatic heterocycles. The molecule has 2 aromatic rings. The van der Waals surface area contributed by atoms with Crippen molar-refractivity contribution < 1.29 is 18.8 Å². The number of quaternary nitrogens is 1. The first-order chi connectivity index (χ1) is 13.1. The highest BCUT2D eigenvalue weighted by atomic mass is 19.1. The summed E-state index contributed by atoms with van der Waals surface area (Å²) in [6, 6.07) is 14.7. The van der Waals surface area contributed by atoms with Gasteiger partial charge in [-0.3, -0.25) is 4.79 Å². The summed E-state index contributed by atoms with van der Waals surface area (Å²) in [5, 5.41) is 3.21. The van der Waals surface area contributed by atoms with Crippen LogP contribution in [0.1, 0.15) is 29.2 Å². The van der Waals surface area contributed by atoms with E-state index in [1.807, 2.05) is 0 Å². The van der Waals surface area contributed by atoms with Crippen LogP contribution in [0, 0.1) is 12.7 Å². The summed E-state index contributed by atoms with van der Waals surface area (Å²) in [5.74, 6) is -0.228. The highest BCUT2D eigenvalue weighted by molar-refractivity contribution is 5.76. The molecule has 0 unspecified atom stereocenters. The van der Waals surface area contributed by atoms with Crippen LogP contribution in [0.5, 0.6) is 0 Å². The summed E-state index contributed by atoms with van der Waals surface area (Å²) in [4.78, 5) is 14.0. The molecular formula is C22H28FN2O2+. The zero-order valence-electron chi connectivity index (χ0n) is 15.8. The lowest BCUT2D eigenvalue weighted by molar-refractivity contribution is -0.909. The quantitative estimate of drug-likeness (QED) is 0.780. The molecule has 0 bridgehead atoms. The number of hydrogen-bond donors (Lipinski definition) is 2. The predicted octanol–water partition coefficient (Wildman–Crippen LogP) is 1.84. The molecule has 3 rings (SSSR count). The third kappa shape index (κ3) is 6.15. The number of carbonyl (C=O) groups excluding carboxylic acids is 1. The summed E-state index contributed by atoms with van der Waals surface area (Å²) in [5.41, 5.74) is 3.31. The van der Waals surface area contributed by atoms with Crippen LogP contribution in [0.25, 0.3) is 0 Å². The van der Waals surface area contributed by atoms with E-state index in [0.717, 1.165) is 44.0 Å². The Labute approximate surface area is 160 Å². The molecule has 27 heavy (non-hydrogen) atoms. The smallest absolute Gasteiger partial charge is 0.221 e. The topological polar surface area (TPSA) is 42.8 Å². The molecule has 0 radical (unpaired) electrons. The van der Waals surface area contributed by atoms with E-state index < -0.39 is 0 Å². The van der Waals surface area contributed by atoms with Crippen molar-refractivity contribution in [3.05, 3.63) is 71.0 Å². The molecule has 2 aromatic carbocycles. The van der Waals surface area contributed by atoms with Crippen molar-refractivity contribution in [2.75, 3.05) is 32.8 Å². The van der Waals surface area contributed by atoms with Crippen LogP contribution in [0.2, 0.25) is 0 Å². The second kappa shape index (κ2) is 9.62. The lowest BCUT2D eigenvalue weighted by Crippen LogP contribution is -3.14. The van der Waals surface area contributed by atoms with Crippen molar-refractivity contribution in [1.29, 1.82) is 0 Å². The van der Waals surface area contributed by atoms with E-state index in [0.29, 0.717) is 12.8 Å². The number of ether oxygens (including phenoxy) is 1. The number of benzene rings is 2. The number of carbonyl (C=O) groups is 1. The predicted molar refractivity (Wildman–Crippen MR) is 103 cm³/mol. The van der Waals surface area contributed by atoms with Gasteiger partial charge in [-0.1, -0.05) is 42.0 Å². The largest absolute Gasteiger partial charge is 0.370 e. The Hall–Kier alpha value is -2.24. The van der Waals surface area contributed by atoms with Gasteiger partial charge >= 0.3 is 0 Å². The van der Waals surface area contributed by atoms with E-state index in [4.69, 9.17) is 4.74 Å². The number of morpholine rings is 1. The Bertz CT molecular complexity index is 725. The Kier molecular flexibility index (Phi) is 6.96. The molecule has 2 N–H and O–H groups in total. The van der Waals surface area contributed by atoms with Crippen molar-refractivity contribution >= 4 is 5.91 Å². The SMILES string of the molecule is Cc1ccc([C@H](C[NH+]2CCOCC2)NC(=O)CCc2ccc(F)cc2)cc1. The molecule has 1 aliphatic rings. The van der Waals surface area contributed by atoms with E-state index >= 15 is 0 Å². The Morgan fingerprint density at radius 1 is 1.11 bits per heavy atom. The van der Waals surface area contributed by atoms with Gasteiger partial charge < -0.3 is 15.0 Å². The zero-order valence-corrected chi connectivity index (χ0v) is 15.8. The van der Waals surface area contributed by atoms with Crippen LogP contribution in [-0.2, 0) is 16.0 Å². The van der Waals surface area contributed by atoms with Crippen LogP contribution in [0.4, 0.5) is 4.39 Å². The first-order valence-corrected chi connectivity index (χ1v) is 9.62. The number of halogens is 1. The number of aryl methyl sites for hydroxylation is 2. The average molecular weight is 371 g/mol. The number of amides is 1. The van der Waals surface area contributed by atoms with Crippen molar-refractivity contribution in [2.24, 2.45) is 0 Å². The van der Waals surface area contributed by atoms with Crippen LogP contribution in [-0.4, -0.2) is 38.8 Å². The van der Waals surface area contributed by atoms with Crippen LogP contribution < -0.4 is 10.2 Å². The van der Waals surface area contributed by atoms with Gasteiger partial charge in [-0.25, -0.2) is 4.39 Å². The molecule has 4 nitrogen and oxygen atoms in total. The zero-order chi connectivity index (χ0) is 19.1. The molecule has 1 aliphatic heterocycles. The third-order valence-electron chi connectivity index (χ3n) is 5.06. The average Bonchev–Trinajstić information content (AvgIpc) is 2.68. The normalized spacial score (nSPS) is 16.1. The second-order valence-electron chi connectivity index (χ2n) is 7.22. The number of hydrogen-bond acceptors (Lipinski definition) is 2. The summed E-state index contributed by atoms with van der Waals surface area (Å²) < 4.78 is 18.5. The van der Waals surface area contributed by atoms with Crippen molar-refractivity contribution in [3.8, 4) is 0 Å². The van der Waals surface area contributed by atoms with E-state index in [1.165, 1.54) is 22.6 Å². The maximum atomic E-state index is 13.0. The van der Waals surface area contributed by atoms with Gasteiger partial charge in [-0.05, 0) is 36.6 Å². The molecule has 1 heterocycles. The van der Waals surface area contributed by atoms with E-state index in [2.05, 4.69) is 36.5 Å². The molecular weight excluding hydrogens is 343 g/mol. The minimum Gasteiger partial charge on any atom is -0.370 e. The second-order valence-corrected chi connectivity index (χ2v) is 7.22. The minimum absolute atomic E-state index is 0.0144. The van der Waals surface area contributed by atoms with Crippen LogP contribution >= 0.6 is 0 Å². The standard InChI is InChI=1S/C22H27FN2O2/c1-17-2-7-19(8-3-17)21(16-25-12-14-27-15-13-25)24-22(26)11-6-18-4-9-20(23)10-5-18/h2-5,7-10,21H,6,11-16H2,1H3,(H,24,26)/p+1/t21-/m0/s1. The van der Waals surface area contributed by atoms with Gasteiger partial charge in [-0.15, -0.1) is 0 Å². The third-order valence-corrected chi connectivity index (χ3v) is 5.06. The first-order valence-electron chi connectivity index (χ1n) is 9.62. The minimum atomic E-state index is -0.254. The van der Waals surface area contributed by atoms with Crippen LogP contribution in [0.3, 0.4) is 0 Å². The fraction of sp³-hybridized carbons (Fsp3) is 0.409. The molecule has 0 aliphatic carbocycles. The lowest BCUT2D eigenvalue weighted by atomic mass is 10.0. The summed E-state index contributed by atoms with van der Waals surface area (Å²) in [6.45, 7) is 6.40. The summed E-state index contributed by atoms with van der Waals surface area (Å²) >= 11 is 0. The molecule has 1 atom stereocenters. The maximum Gasteiger partial charge on any atom is 0.221 e. The molecule has 1 fully saturated rings. The van der Waals surface area contributed by atoms with Gasteiger partial charge in [0.05, 0.1) is 13.2 Å². The Balaban J connectivity index is 1.61. The highest BCUT2D eigenvalue weighted by Crippen LogP contribution is 2.14. The lowest BCUT2D eigenvalue weighted by Gasteiger charge is -2.28. The van der Waals surface area contributed by atoms with Gasteiger partial charge in [0.2, 0.25) is 5.91 Å². The van der Waals surface area contributed by atoms with E-state index in [9.17, 15) is 9.18 Å². The first kappa shape index (κ1) is 19.5. The van der Waals surface area contributed by atoms with Gasteiger partial charge in [0.1, 0.15) is 31.5 Å². The monoisotopic (exact) mass is 371 g/mol. The number of rotatable bonds is 7. The van der Waals surface area contributed by atoms with E-state index in [1.54, 1.807) is 12.1 Å². The Morgan fingerprint density at radius 3 is 2.44 bits per heavy atom. The highest BCUT2D eigenvalue weighted by Gasteiger charge is 2.22. The molecule has 1 saturated heterocycles. The van der Waals surface area contributed by atoms with Crippen molar-refractivity contribution in [3.63, 3.8) is 0 Å². The van der Waals surface area contributed by atoms with Crippen molar-refractivity contribution in [2.45, 2.75) is 25.8 Å². The van der Waals surface area contributed by atoms with Gasteiger partial charge in [0.25, 0.3) is 0 Å². The molecule has 0 saturated carbocycles. The van der Waals surface area contributed by atoms with Gasteiger partial charge in [0, 0.05) is 6.42 Å². The van der Waals surface area contributed by atoms with Gasteiger partial charge in [-0.2, -0.15) is 0 Å². The summed E-state index contributed by atoms with van der Waals surface area (Å²) in [6.07, 6.45) is 1.00. The molecule has 1 amide bonds. The van der Waals surface area contributed by atoms with Crippen LogP contribution in [0.15, 0.2) is 48.5 Å². The fourth-order valence-corrected chi connectivity index (χ4v) is 3.38.